The van der Waals surface area contributed by atoms with Gasteiger partial charge in [0.25, 0.3) is 0 Å². The summed E-state index contributed by atoms with van der Waals surface area (Å²) in [7, 11) is 1.83. The zero-order valence-electron chi connectivity index (χ0n) is 7.96. The lowest BCUT2D eigenvalue weighted by molar-refractivity contribution is 0.271. The van der Waals surface area contributed by atoms with Gasteiger partial charge in [-0.2, -0.15) is 0 Å². The third-order valence-corrected chi connectivity index (χ3v) is 2.07. The number of aliphatic hydroxyl groups excluding tert-OH is 1. The van der Waals surface area contributed by atoms with Gasteiger partial charge in [0.2, 0.25) is 0 Å². The highest BCUT2D eigenvalue weighted by Crippen LogP contribution is 2.05. The summed E-state index contributed by atoms with van der Waals surface area (Å²) in [5, 5.41) is 16.8. The van der Waals surface area contributed by atoms with Crippen molar-refractivity contribution in [2.24, 2.45) is 7.05 Å². The zero-order chi connectivity index (χ0) is 9.97. The van der Waals surface area contributed by atoms with E-state index in [9.17, 15) is 0 Å². The van der Waals surface area contributed by atoms with E-state index < -0.39 is 0 Å². The molecule has 0 aliphatic heterocycles. The fourth-order valence-corrected chi connectivity index (χ4v) is 1.39. The van der Waals surface area contributed by atoms with Crippen LogP contribution in [-0.2, 0) is 20.2 Å². The summed E-state index contributed by atoms with van der Waals surface area (Å²) in [5.41, 5.74) is 1.77. The van der Waals surface area contributed by atoms with Gasteiger partial charge < -0.3 is 9.67 Å². The van der Waals surface area contributed by atoms with Gasteiger partial charge in [0.05, 0.1) is 13.2 Å². The first-order valence-corrected chi connectivity index (χ1v) is 4.39. The Labute approximate surface area is 81.6 Å². The molecule has 2 aromatic rings. The Kier molecular flexibility index (Phi) is 2.32. The normalized spacial score (nSPS) is 10.7. The Morgan fingerprint density at radius 3 is 3.00 bits per heavy atom. The average molecular weight is 192 g/mol. The molecule has 0 saturated heterocycles. The maximum absolute atomic E-state index is 9.03. The van der Waals surface area contributed by atoms with Gasteiger partial charge in [-0.25, -0.2) is 0 Å². The van der Waals surface area contributed by atoms with Crippen LogP contribution in [0.2, 0.25) is 0 Å². The summed E-state index contributed by atoms with van der Waals surface area (Å²) < 4.78 is 3.61. The van der Waals surface area contributed by atoms with Crippen molar-refractivity contribution in [1.29, 1.82) is 0 Å². The summed E-state index contributed by atoms with van der Waals surface area (Å²) in [6.07, 6.45) is 3.78. The molecule has 1 N–H and O–H groups in total. The summed E-state index contributed by atoms with van der Waals surface area (Å²) >= 11 is 0. The molecular weight excluding hydrogens is 180 g/mol. The van der Waals surface area contributed by atoms with Gasteiger partial charge in [-0.3, -0.25) is 4.68 Å². The van der Waals surface area contributed by atoms with Crippen LogP contribution in [0.3, 0.4) is 0 Å². The van der Waals surface area contributed by atoms with Crippen LogP contribution in [0.1, 0.15) is 11.4 Å². The molecule has 14 heavy (non-hydrogen) atoms. The van der Waals surface area contributed by atoms with Gasteiger partial charge in [-0.05, 0) is 12.1 Å². The summed E-state index contributed by atoms with van der Waals surface area (Å²) in [4.78, 5) is 0. The topological polar surface area (TPSA) is 55.9 Å². The molecule has 74 valence electrons. The predicted octanol–water partition coefficient (Wildman–Crippen LogP) is 0.157. The van der Waals surface area contributed by atoms with Gasteiger partial charge >= 0.3 is 0 Å². The number of aromatic nitrogens is 4. The molecule has 5 nitrogen and oxygen atoms in total. The SMILES string of the molecule is Cn1cc(Cn2cccc2CO)nn1. The molecule has 0 atom stereocenters. The minimum atomic E-state index is 0.0489. The van der Waals surface area contributed by atoms with E-state index in [1.54, 1.807) is 4.68 Å². The molecule has 0 aliphatic rings. The molecule has 2 rings (SSSR count). The minimum absolute atomic E-state index is 0.0489. The molecule has 2 aromatic heterocycles. The van der Waals surface area contributed by atoms with Crippen LogP contribution in [0.5, 0.6) is 0 Å². The van der Waals surface area contributed by atoms with Gasteiger partial charge in [-0.1, -0.05) is 5.21 Å². The van der Waals surface area contributed by atoms with Crippen molar-refractivity contribution in [1.82, 2.24) is 19.6 Å². The molecule has 0 radical (unpaired) electrons. The van der Waals surface area contributed by atoms with Crippen LogP contribution >= 0.6 is 0 Å². The Hall–Kier alpha value is -1.62. The number of aliphatic hydroxyl groups is 1. The minimum Gasteiger partial charge on any atom is -0.390 e. The van der Waals surface area contributed by atoms with Gasteiger partial charge in [-0.15, -0.1) is 5.10 Å². The number of aryl methyl sites for hydroxylation is 1. The van der Waals surface area contributed by atoms with Gasteiger partial charge in [0.15, 0.2) is 0 Å². The first-order chi connectivity index (χ1) is 6.79. The first-order valence-electron chi connectivity index (χ1n) is 4.39. The van der Waals surface area contributed by atoms with Crippen molar-refractivity contribution in [3.8, 4) is 0 Å². The highest BCUT2D eigenvalue weighted by Gasteiger charge is 2.02. The zero-order valence-corrected chi connectivity index (χ0v) is 7.96. The Balaban J connectivity index is 2.18. The van der Waals surface area contributed by atoms with Crippen molar-refractivity contribution in [3.63, 3.8) is 0 Å². The van der Waals surface area contributed by atoms with Crippen LogP contribution in [0.15, 0.2) is 24.5 Å². The maximum Gasteiger partial charge on any atom is 0.102 e. The molecule has 0 aliphatic carbocycles. The van der Waals surface area contributed by atoms with Crippen molar-refractivity contribution >= 4 is 0 Å². The molecule has 0 spiro atoms. The van der Waals surface area contributed by atoms with Gasteiger partial charge in [0.1, 0.15) is 5.69 Å². The molecule has 0 saturated carbocycles. The summed E-state index contributed by atoms with van der Waals surface area (Å²) in [6, 6.07) is 3.79. The van der Waals surface area contributed by atoms with Crippen LogP contribution in [0.4, 0.5) is 0 Å². The lowest BCUT2D eigenvalue weighted by Crippen LogP contribution is -2.03. The quantitative estimate of drug-likeness (QED) is 0.753. The number of hydrogen-bond acceptors (Lipinski definition) is 3. The lowest BCUT2D eigenvalue weighted by atomic mass is 10.4. The van der Waals surface area contributed by atoms with E-state index in [2.05, 4.69) is 10.3 Å². The third-order valence-electron chi connectivity index (χ3n) is 2.07. The highest BCUT2D eigenvalue weighted by atomic mass is 16.3. The molecule has 5 heteroatoms. The smallest absolute Gasteiger partial charge is 0.102 e. The van der Waals surface area contributed by atoms with Crippen LogP contribution in [0, 0.1) is 0 Å². The Bertz CT molecular complexity index is 418. The van der Waals surface area contributed by atoms with Crippen LogP contribution in [-0.4, -0.2) is 24.7 Å². The monoisotopic (exact) mass is 192 g/mol. The Morgan fingerprint density at radius 2 is 2.36 bits per heavy atom. The second-order valence-electron chi connectivity index (χ2n) is 3.17. The van der Waals surface area contributed by atoms with Crippen molar-refractivity contribution < 1.29 is 5.11 Å². The molecule has 0 unspecified atom stereocenters. The second-order valence-corrected chi connectivity index (χ2v) is 3.17. The predicted molar refractivity (Wildman–Crippen MR) is 50.5 cm³/mol. The number of hydrogen-bond donors (Lipinski definition) is 1. The van der Waals surface area contributed by atoms with Crippen molar-refractivity contribution in [2.75, 3.05) is 0 Å². The van der Waals surface area contributed by atoms with E-state index in [-0.39, 0.29) is 6.61 Å². The standard InChI is InChI=1S/C9H12N4O/c1-12-5-8(10-11-12)6-13-4-2-3-9(13)7-14/h2-5,14H,6-7H2,1H3. The Morgan fingerprint density at radius 1 is 1.50 bits per heavy atom. The van der Waals surface area contributed by atoms with Gasteiger partial charge in [0, 0.05) is 25.1 Å². The maximum atomic E-state index is 9.03. The van der Waals surface area contributed by atoms with E-state index in [1.165, 1.54) is 0 Å². The summed E-state index contributed by atoms with van der Waals surface area (Å²) in [6.45, 7) is 0.698. The third kappa shape index (κ3) is 1.67. The second kappa shape index (κ2) is 3.63. The van der Waals surface area contributed by atoms with Crippen molar-refractivity contribution in [3.05, 3.63) is 35.9 Å². The summed E-state index contributed by atoms with van der Waals surface area (Å²) in [5.74, 6) is 0. The van der Waals surface area contributed by atoms with E-state index in [0.29, 0.717) is 6.54 Å². The molecule has 0 fully saturated rings. The molecular formula is C9H12N4O. The molecule has 2 heterocycles. The van der Waals surface area contributed by atoms with E-state index >= 15 is 0 Å². The van der Waals surface area contributed by atoms with E-state index in [0.717, 1.165) is 11.4 Å². The van der Waals surface area contributed by atoms with Crippen molar-refractivity contribution in [2.45, 2.75) is 13.2 Å². The fourth-order valence-electron chi connectivity index (χ4n) is 1.39. The van der Waals surface area contributed by atoms with Crippen LogP contribution < -0.4 is 0 Å². The molecule has 0 amide bonds. The number of nitrogens with zero attached hydrogens (tertiary/aromatic N) is 4. The van der Waals surface area contributed by atoms with Crippen LogP contribution in [0.25, 0.3) is 0 Å². The highest BCUT2D eigenvalue weighted by molar-refractivity contribution is 5.08. The van der Waals surface area contributed by atoms with E-state index in [4.69, 9.17) is 5.11 Å². The molecule has 0 bridgehead atoms. The molecule has 0 aromatic carbocycles. The van der Waals surface area contributed by atoms with E-state index in [1.807, 2.05) is 36.1 Å². The fraction of sp³-hybridized carbons (Fsp3) is 0.333. The largest absolute Gasteiger partial charge is 0.390 e. The average Bonchev–Trinajstić information content (AvgIpc) is 2.76. The first kappa shape index (κ1) is 8.96. The number of rotatable bonds is 3. The lowest BCUT2D eigenvalue weighted by Gasteiger charge is -2.03.